The number of carbonyl (C=O) groups excluding carboxylic acids is 1. The van der Waals surface area contributed by atoms with Crippen molar-refractivity contribution < 1.29 is 79.2 Å². The average Bonchev–Trinajstić information content (AvgIpc) is 3.18. The van der Waals surface area contributed by atoms with Gasteiger partial charge in [-0.15, -0.1) is 0 Å². The summed E-state index contributed by atoms with van der Waals surface area (Å²) >= 11 is 0. The molecule has 16 heteroatoms. The number of aliphatic hydroxyl groups is 8. The van der Waals surface area contributed by atoms with Gasteiger partial charge in [0.1, 0.15) is 42.7 Å². The van der Waals surface area contributed by atoms with Crippen LogP contribution in [0.1, 0.15) is 114 Å². The fraction of sp³-hybridized carbons (Fsp3) is 0.872. The molecule has 0 aromatic heterocycles. The van der Waals surface area contributed by atoms with E-state index >= 15 is 0 Å². The topological polar surface area (TPSA) is 262 Å². The minimum atomic E-state index is -1.94. The fourth-order valence-corrected chi connectivity index (χ4v) is 14.5. The molecule has 0 aromatic carbocycles. The molecule has 0 spiro atoms. The molecular formula is C47H74O16. The number of allylic oxidation sites excluding steroid dienone is 2. The molecule has 358 valence electrons. The Balaban J connectivity index is 1.19. The molecule has 0 radical (unpaired) electrons. The highest BCUT2D eigenvalue weighted by atomic mass is 16.8. The van der Waals surface area contributed by atoms with Gasteiger partial charge >= 0.3 is 11.9 Å². The Bertz CT molecular complexity index is 1810. The fourth-order valence-electron chi connectivity index (χ4n) is 14.5. The zero-order valence-electron chi connectivity index (χ0n) is 38.5. The highest BCUT2D eigenvalue weighted by molar-refractivity contribution is 5.82. The number of hydrogen-bond acceptors (Lipinski definition) is 15. The summed E-state index contributed by atoms with van der Waals surface area (Å²) in [6, 6.07) is 0. The van der Waals surface area contributed by atoms with Crippen LogP contribution >= 0.6 is 0 Å². The largest absolute Gasteiger partial charge is 0.479 e. The van der Waals surface area contributed by atoms with Crippen molar-refractivity contribution in [3.8, 4) is 0 Å². The summed E-state index contributed by atoms with van der Waals surface area (Å²) < 4.78 is 30.3. The van der Waals surface area contributed by atoms with Gasteiger partial charge in [0, 0.05) is 11.5 Å². The molecule has 2 heterocycles. The second-order valence-electron chi connectivity index (χ2n) is 22.6. The van der Waals surface area contributed by atoms with Crippen LogP contribution in [0, 0.1) is 50.2 Å². The lowest BCUT2D eigenvalue weighted by molar-refractivity contribution is -0.372. The lowest BCUT2D eigenvalue weighted by atomic mass is 9.32. The van der Waals surface area contributed by atoms with E-state index in [0.29, 0.717) is 44.9 Å². The van der Waals surface area contributed by atoms with E-state index in [9.17, 15) is 55.5 Å². The van der Waals surface area contributed by atoms with Crippen LogP contribution < -0.4 is 0 Å². The SMILES string of the molecule is CC(C)=CC(=O)O[C@H]1CC(C)(C)C[C@H]2C3=CC[C@@H]4[C@@]5(C)CC[C@H](O[C@@H]6O[C@H](C(=O)O)[C@@H](O)[C@H](O)[C@H]6O[C@H]6O[C@H](C)[C@@H](O)[C@H](O)[C@@H]6O)C(C)(C)[C@@H]5CC[C@@]4(C)[C@]3(C)[C@@H](O)[C@@H](O)[C@@]12CO. The van der Waals surface area contributed by atoms with Gasteiger partial charge in [0.05, 0.1) is 36.4 Å². The van der Waals surface area contributed by atoms with E-state index < -0.39 is 126 Å². The normalized spacial score (nSPS) is 51.3. The van der Waals surface area contributed by atoms with Crippen molar-refractivity contribution in [3.63, 3.8) is 0 Å². The summed E-state index contributed by atoms with van der Waals surface area (Å²) in [6.45, 7) is 19.6. The van der Waals surface area contributed by atoms with Gasteiger partial charge in [-0.05, 0) is 105 Å². The summed E-state index contributed by atoms with van der Waals surface area (Å²) in [5, 5.41) is 100. The van der Waals surface area contributed by atoms with Gasteiger partial charge in [-0.3, -0.25) is 0 Å². The first-order chi connectivity index (χ1) is 29.1. The van der Waals surface area contributed by atoms with Gasteiger partial charge in [-0.25, -0.2) is 9.59 Å². The maximum atomic E-state index is 13.2. The highest BCUT2D eigenvalue weighted by Crippen LogP contribution is 2.76. The van der Waals surface area contributed by atoms with Crippen molar-refractivity contribution in [1.29, 1.82) is 0 Å². The molecular weight excluding hydrogens is 821 g/mol. The van der Waals surface area contributed by atoms with Gasteiger partial charge in [0.2, 0.25) is 0 Å². The number of hydrogen-bond donors (Lipinski definition) is 9. The van der Waals surface area contributed by atoms with Gasteiger partial charge in [-0.2, -0.15) is 0 Å². The zero-order valence-corrected chi connectivity index (χ0v) is 38.5. The van der Waals surface area contributed by atoms with Crippen LogP contribution in [0.3, 0.4) is 0 Å². The van der Waals surface area contributed by atoms with E-state index in [1.807, 2.05) is 0 Å². The van der Waals surface area contributed by atoms with E-state index in [1.54, 1.807) is 13.8 Å². The molecule has 16 nitrogen and oxygen atoms in total. The summed E-state index contributed by atoms with van der Waals surface area (Å²) in [5.74, 6) is -2.41. The summed E-state index contributed by atoms with van der Waals surface area (Å²) in [6.07, 6.45) is -12.5. The van der Waals surface area contributed by atoms with Gasteiger partial charge < -0.3 is 69.6 Å². The first-order valence-electron chi connectivity index (χ1n) is 22.9. The van der Waals surface area contributed by atoms with E-state index in [2.05, 4.69) is 54.5 Å². The number of ether oxygens (including phenoxy) is 5. The molecule has 9 N–H and O–H groups in total. The predicted octanol–water partition coefficient (Wildman–Crippen LogP) is 2.34. The molecule has 0 aromatic rings. The Morgan fingerprint density at radius 1 is 0.778 bits per heavy atom. The third kappa shape index (κ3) is 7.40. The zero-order chi connectivity index (χ0) is 46.7. The Labute approximate surface area is 370 Å². The maximum Gasteiger partial charge on any atom is 0.335 e. The van der Waals surface area contributed by atoms with Gasteiger partial charge in [0.25, 0.3) is 0 Å². The number of aliphatic carboxylic acids is 1. The van der Waals surface area contributed by atoms with Crippen molar-refractivity contribution in [2.75, 3.05) is 6.61 Å². The second-order valence-corrected chi connectivity index (χ2v) is 22.6. The molecule has 0 amide bonds. The molecule has 63 heavy (non-hydrogen) atoms. The van der Waals surface area contributed by atoms with Crippen molar-refractivity contribution in [2.45, 2.75) is 200 Å². The number of esters is 1. The first kappa shape index (κ1) is 48.9. The minimum Gasteiger partial charge on any atom is -0.479 e. The third-order valence-corrected chi connectivity index (χ3v) is 18.0. The third-order valence-electron chi connectivity index (χ3n) is 18.0. The van der Waals surface area contributed by atoms with Crippen LogP contribution in [0.15, 0.2) is 23.3 Å². The monoisotopic (exact) mass is 894 g/mol. The highest BCUT2D eigenvalue weighted by Gasteiger charge is 2.74. The number of carbonyl (C=O) groups is 2. The molecule has 2 aliphatic heterocycles. The molecule has 6 fully saturated rings. The van der Waals surface area contributed by atoms with Crippen LogP contribution in [0.25, 0.3) is 0 Å². The van der Waals surface area contributed by atoms with Crippen molar-refractivity contribution >= 4 is 11.9 Å². The molecule has 4 saturated carbocycles. The van der Waals surface area contributed by atoms with Crippen LogP contribution in [0.2, 0.25) is 0 Å². The van der Waals surface area contributed by atoms with E-state index in [1.165, 1.54) is 13.0 Å². The molecule has 0 unspecified atom stereocenters. The average molecular weight is 895 g/mol. The van der Waals surface area contributed by atoms with Crippen LogP contribution in [-0.4, -0.2) is 150 Å². The van der Waals surface area contributed by atoms with Crippen molar-refractivity contribution in [3.05, 3.63) is 23.3 Å². The van der Waals surface area contributed by atoms with Crippen LogP contribution in [0.4, 0.5) is 0 Å². The molecule has 7 aliphatic rings. The first-order valence-corrected chi connectivity index (χ1v) is 22.9. The molecule has 21 atom stereocenters. The summed E-state index contributed by atoms with van der Waals surface area (Å²) in [7, 11) is 0. The van der Waals surface area contributed by atoms with E-state index in [4.69, 9.17) is 23.7 Å². The Hall–Kier alpha value is -2.06. The predicted molar refractivity (Wildman–Crippen MR) is 224 cm³/mol. The Kier molecular flexibility index (Phi) is 12.9. The van der Waals surface area contributed by atoms with Crippen LogP contribution in [0.5, 0.6) is 0 Å². The smallest absolute Gasteiger partial charge is 0.335 e. The molecule has 0 bridgehead atoms. The summed E-state index contributed by atoms with van der Waals surface area (Å²) in [5.41, 5.74) is -2.25. The lowest BCUT2D eigenvalue weighted by Gasteiger charge is -2.73. The minimum absolute atomic E-state index is 0.0183. The van der Waals surface area contributed by atoms with E-state index in [0.717, 1.165) is 11.1 Å². The van der Waals surface area contributed by atoms with Gasteiger partial charge in [-0.1, -0.05) is 65.7 Å². The quantitative estimate of drug-likeness (QED) is 0.0733. The number of fused-ring (bicyclic) bond motifs is 7. The number of carboxylic acids is 1. The lowest BCUT2D eigenvalue weighted by Crippen LogP contribution is -2.74. The van der Waals surface area contributed by atoms with Gasteiger partial charge in [0.15, 0.2) is 18.7 Å². The summed E-state index contributed by atoms with van der Waals surface area (Å²) in [4.78, 5) is 25.4. The standard InChI is InChI=1S/C47H74O16/c1-21(2)17-29(49)60-28-19-42(4,5)18-24-23-11-12-26-44(8)15-14-27(43(6,7)25(44)13-16-45(26,9)46(23,10)37(55)38(56)47(24,28)20-48)61-41-36(33(53)32(52)35(62-41)39(57)58)63-40-34(54)31(51)30(50)22(3)59-40/h11,17,22,24-28,30-38,40-41,48,50-56H,12-16,18-20H2,1-10H3,(H,57,58)/t22-,24+,25+,26-,27+,28+,30-,31+,32+,33+,34+,35+,36-,37+,38-,40-,41-,44+,45-,46+,47-/m1/s1. The maximum absolute atomic E-state index is 13.2. The molecule has 2 saturated heterocycles. The molecule has 5 aliphatic carbocycles. The van der Waals surface area contributed by atoms with Crippen molar-refractivity contribution in [2.24, 2.45) is 50.2 Å². The Morgan fingerprint density at radius 3 is 2.06 bits per heavy atom. The Morgan fingerprint density at radius 2 is 1.44 bits per heavy atom. The number of carboxylic acid groups (broad SMARTS) is 1. The number of rotatable bonds is 8. The van der Waals surface area contributed by atoms with Crippen LogP contribution in [-0.2, 0) is 33.3 Å². The van der Waals surface area contributed by atoms with E-state index in [-0.39, 0.29) is 28.6 Å². The second kappa shape index (κ2) is 16.6. The molecule has 7 rings (SSSR count). The van der Waals surface area contributed by atoms with Crippen molar-refractivity contribution in [1.82, 2.24) is 0 Å². The number of aliphatic hydroxyl groups excluding tert-OH is 8.